The van der Waals surface area contributed by atoms with Crippen LogP contribution >= 0.6 is 0 Å². The molecule has 2 aliphatic carbocycles. The van der Waals surface area contributed by atoms with Crippen LogP contribution in [0.2, 0.25) is 0 Å². The van der Waals surface area contributed by atoms with Crippen LogP contribution in [0.3, 0.4) is 0 Å². The lowest BCUT2D eigenvalue weighted by molar-refractivity contribution is 0.304. The summed E-state index contributed by atoms with van der Waals surface area (Å²) in [5, 5.41) is 0. The molecule has 28 heavy (non-hydrogen) atoms. The van der Waals surface area contributed by atoms with Crippen molar-refractivity contribution in [3.63, 3.8) is 0 Å². The Balaban J connectivity index is 1.43. The van der Waals surface area contributed by atoms with Crippen LogP contribution in [-0.4, -0.2) is 0 Å². The predicted molar refractivity (Wildman–Crippen MR) is 112 cm³/mol. The minimum atomic E-state index is -0.190. The smallest absolute Gasteiger partial charge is 0.126 e. The van der Waals surface area contributed by atoms with E-state index in [1.807, 2.05) is 12.1 Å². The standard InChI is InChI=1S/C26H32F2/c1-2-3-4-18-5-7-19(8-6-18)21-12-14-25(26(28)17-21)22-10-9-20-11-13-24(27)16-23(20)15-22/h11-14,16-19,22H,2-10,15H2,1H3. The van der Waals surface area contributed by atoms with E-state index in [1.54, 1.807) is 12.1 Å². The Labute approximate surface area is 168 Å². The summed E-state index contributed by atoms with van der Waals surface area (Å²) in [6.45, 7) is 2.26. The minimum absolute atomic E-state index is 0.0598. The van der Waals surface area contributed by atoms with Crippen molar-refractivity contribution >= 4 is 0 Å². The summed E-state index contributed by atoms with van der Waals surface area (Å²) >= 11 is 0. The molecule has 0 aromatic heterocycles. The van der Waals surface area contributed by atoms with Gasteiger partial charge in [-0.15, -0.1) is 0 Å². The number of rotatable bonds is 5. The van der Waals surface area contributed by atoms with Gasteiger partial charge in [-0.05, 0) is 103 Å². The molecule has 0 N–H and O–H groups in total. The van der Waals surface area contributed by atoms with Gasteiger partial charge in [-0.3, -0.25) is 0 Å². The van der Waals surface area contributed by atoms with Gasteiger partial charge in [-0.2, -0.15) is 0 Å². The van der Waals surface area contributed by atoms with Crippen molar-refractivity contribution in [2.75, 3.05) is 0 Å². The van der Waals surface area contributed by atoms with Gasteiger partial charge in [0.25, 0.3) is 0 Å². The average molecular weight is 383 g/mol. The molecule has 150 valence electrons. The molecule has 2 aromatic carbocycles. The SMILES string of the molecule is CCCCC1CCC(c2ccc(C3CCc4ccc(F)cc4C3)c(F)c2)CC1. The average Bonchev–Trinajstić information content (AvgIpc) is 2.72. The van der Waals surface area contributed by atoms with Crippen molar-refractivity contribution in [2.24, 2.45) is 5.92 Å². The van der Waals surface area contributed by atoms with Crippen molar-refractivity contribution in [2.45, 2.75) is 83.0 Å². The fourth-order valence-electron chi connectivity index (χ4n) is 5.40. The molecule has 1 fully saturated rings. The van der Waals surface area contributed by atoms with Crippen molar-refractivity contribution in [1.82, 2.24) is 0 Å². The van der Waals surface area contributed by atoms with E-state index in [-0.39, 0.29) is 17.6 Å². The second kappa shape index (κ2) is 8.76. The van der Waals surface area contributed by atoms with Crippen molar-refractivity contribution in [3.8, 4) is 0 Å². The largest absolute Gasteiger partial charge is 0.207 e. The Kier molecular flexibility index (Phi) is 6.13. The maximum absolute atomic E-state index is 15.0. The van der Waals surface area contributed by atoms with E-state index in [9.17, 15) is 4.39 Å². The highest BCUT2D eigenvalue weighted by molar-refractivity contribution is 5.36. The Morgan fingerprint density at radius 3 is 2.43 bits per heavy atom. The fraction of sp³-hybridized carbons (Fsp3) is 0.538. The summed E-state index contributed by atoms with van der Waals surface area (Å²) in [6.07, 6.45) is 11.6. The first-order valence-corrected chi connectivity index (χ1v) is 11.2. The lowest BCUT2D eigenvalue weighted by Gasteiger charge is -2.30. The molecule has 0 amide bonds. The van der Waals surface area contributed by atoms with Crippen LogP contribution in [0, 0.1) is 17.6 Å². The summed E-state index contributed by atoms with van der Waals surface area (Å²) < 4.78 is 28.6. The third kappa shape index (κ3) is 4.31. The van der Waals surface area contributed by atoms with Gasteiger partial charge in [0.2, 0.25) is 0 Å². The third-order valence-corrected chi connectivity index (χ3v) is 7.15. The van der Waals surface area contributed by atoms with Gasteiger partial charge in [-0.25, -0.2) is 8.78 Å². The summed E-state index contributed by atoms with van der Waals surface area (Å²) in [5.74, 6) is 1.30. The summed E-state index contributed by atoms with van der Waals surface area (Å²) in [7, 11) is 0. The molecule has 0 bridgehead atoms. The lowest BCUT2D eigenvalue weighted by Crippen LogP contribution is -2.16. The first-order chi connectivity index (χ1) is 13.6. The molecule has 2 aliphatic rings. The van der Waals surface area contributed by atoms with E-state index in [4.69, 9.17) is 0 Å². The lowest BCUT2D eigenvalue weighted by atomic mass is 9.76. The molecule has 1 unspecified atom stereocenters. The van der Waals surface area contributed by atoms with Crippen molar-refractivity contribution in [1.29, 1.82) is 0 Å². The number of halogens is 2. The number of hydrogen-bond donors (Lipinski definition) is 0. The van der Waals surface area contributed by atoms with Crippen molar-refractivity contribution < 1.29 is 8.78 Å². The number of unbranched alkanes of at least 4 members (excludes halogenated alkanes) is 1. The zero-order valence-corrected chi connectivity index (χ0v) is 17.0. The van der Waals surface area contributed by atoms with E-state index < -0.39 is 0 Å². The van der Waals surface area contributed by atoms with Gasteiger partial charge in [0.05, 0.1) is 0 Å². The van der Waals surface area contributed by atoms with Gasteiger partial charge >= 0.3 is 0 Å². The summed E-state index contributed by atoms with van der Waals surface area (Å²) in [6, 6.07) is 11.0. The number of hydrogen-bond acceptors (Lipinski definition) is 0. The Morgan fingerprint density at radius 1 is 0.857 bits per heavy atom. The molecule has 4 rings (SSSR count). The zero-order valence-electron chi connectivity index (χ0n) is 17.0. The second-order valence-electron chi connectivity index (χ2n) is 8.99. The number of fused-ring (bicyclic) bond motifs is 1. The number of aryl methyl sites for hydroxylation is 1. The molecule has 0 heterocycles. The molecule has 0 radical (unpaired) electrons. The quantitative estimate of drug-likeness (QED) is 0.497. The van der Waals surface area contributed by atoms with Crippen LogP contribution in [0.25, 0.3) is 0 Å². The van der Waals surface area contributed by atoms with E-state index in [0.29, 0.717) is 5.92 Å². The minimum Gasteiger partial charge on any atom is -0.207 e. The first-order valence-electron chi connectivity index (χ1n) is 11.2. The molecule has 1 saturated carbocycles. The highest BCUT2D eigenvalue weighted by Gasteiger charge is 2.26. The van der Waals surface area contributed by atoms with E-state index in [1.165, 1.54) is 62.1 Å². The van der Waals surface area contributed by atoms with Gasteiger partial charge in [-0.1, -0.05) is 44.4 Å². The second-order valence-corrected chi connectivity index (χ2v) is 8.99. The van der Waals surface area contributed by atoms with Crippen LogP contribution in [0.4, 0.5) is 8.78 Å². The molecule has 0 nitrogen and oxygen atoms in total. The predicted octanol–water partition coefficient (Wildman–Crippen LogP) is 7.70. The number of benzene rings is 2. The monoisotopic (exact) mass is 382 g/mol. The van der Waals surface area contributed by atoms with Crippen LogP contribution in [0.15, 0.2) is 36.4 Å². The van der Waals surface area contributed by atoms with Crippen LogP contribution in [0.1, 0.15) is 92.4 Å². The fourth-order valence-corrected chi connectivity index (χ4v) is 5.40. The highest BCUT2D eigenvalue weighted by atomic mass is 19.1. The van der Waals surface area contributed by atoms with Gasteiger partial charge in [0, 0.05) is 0 Å². The van der Waals surface area contributed by atoms with E-state index >= 15 is 4.39 Å². The maximum Gasteiger partial charge on any atom is 0.126 e. The molecule has 0 saturated heterocycles. The topological polar surface area (TPSA) is 0 Å². The van der Waals surface area contributed by atoms with Gasteiger partial charge in [0.1, 0.15) is 11.6 Å². The molecule has 2 heteroatoms. The summed E-state index contributed by atoms with van der Waals surface area (Å²) in [5.41, 5.74) is 4.26. The molecular weight excluding hydrogens is 350 g/mol. The van der Waals surface area contributed by atoms with Gasteiger partial charge in [0.15, 0.2) is 0 Å². The molecule has 2 aromatic rings. The Hall–Kier alpha value is -1.70. The molecule has 0 aliphatic heterocycles. The summed E-state index contributed by atoms with van der Waals surface area (Å²) in [4.78, 5) is 0. The molecule has 1 atom stereocenters. The Bertz CT molecular complexity index is 802. The molecule has 0 spiro atoms. The zero-order chi connectivity index (χ0) is 19.5. The Morgan fingerprint density at radius 2 is 1.68 bits per heavy atom. The first kappa shape index (κ1) is 19.6. The van der Waals surface area contributed by atoms with Crippen LogP contribution < -0.4 is 0 Å². The van der Waals surface area contributed by atoms with Crippen LogP contribution in [-0.2, 0) is 12.8 Å². The van der Waals surface area contributed by atoms with E-state index in [0.717, 1.165) is 36.3 Å². The third-order valence-electron chi connectivity index (χ3n) is 7.15. The van der Waals surface area contributed by atoms with Gasteiger partial charge < -0.3 is 0 Å². The van der Waals surface area contributed by atoms with E-state index in [2.05, 4.69) is 13.0 Å². The van der Waals surface area contributed by atoms with Crippen LogP contribution in [0.5, 0.6) is 0 Å². The highest BCUT2D eigenvalue weighted by Crippen LogP contribution is 2.40. The maximum atomic E-state index is 15.0. The normalized spacial score (nSPS) is 24.8. The van der Waals surface area contributed by atoms with Crippen molar-refractivity contribution in [3.05, 3.63) is 70.3 Å². The molecular formula is C26H32F2.